The van der Waals surface area contributed by atoms with Crippen LogP contribution in [0.2, 0.25) is 0 Å². The smallest absolute Gasteiger partial charge is 0.161 e. The van der Waals surface area contributed by atoms with E-state index in [-0.39, 0.29) is 0 Å². The first kappa shape index (κ1) is 25.1. The third kappa shape index (κ3) is 8.42. The van der Waals surface area contributed by atoms with Crippen molar-refractivity contribution in [2.24, 2.45) is 0 Å². The molecule has 0 radical (unpaired) electrons. The summed E-state index contributed by atoms with van der Waals surface area (Å²) < 4.78 is 12.4. The lowest BCUT2D eigenvalue weighted by Gasteiger charge is -2.14. The Morgan fingerprint density at radius 1 is 0.667 bits per heavy atom. The Balaban J connectivity index is 1.60. The Morgan fingerprint density at radius 2 is 1.27 bits per heavy atom. The highest BCUT2D eigenvalue weighted by atomic mass is 16.5. The van der Waals surface area contributed by atoms with Crippen molar-refractivity contribution in [3.8, 4) is 22.9 Å². The maximum atomic E-state index is 6.22. The molecule has 0 atom stereocenters. The second-order valence-electron chi connectivity index (χ2n) is 9.00. The molecule has 0 spiro atoms. The van der Waals surface area contributed by atoms with Gasteiger partial charge in [0.2, 0.25) is 0 Å². The lowest BCUT2D eigenvalue weighted by Crippen LogP contribution is -2.03. The molecule has 0 amide bonds. The van der Waals surface area contributed by atoms with E-state index in [0.29, 0.717) is 0 Å². The highest BCUT2D eigenvalue weighted by molar-refractivity contribution is 5.79. The molecule has 0 aliphatic carbocycles. The Kier molecular flexibility index (Phi) is 11.1. The summed E-state index contributed by atoms with van der Waals surface area (Å²) in [6.45, 7) is 5.97. The van der Waals surface area contributed by atoms with Crippen LogP contribution in [0.25, 0.3) is 22.4 Å². The van der Waals surface area contributed by atoms with E-state index < -0.39 is 0 Å². The number of nitrogens with zero attached hydrogens (tertiary/aromatic N) is 1. The van der Waals surface area contributed by atoms with Crippen LogP contribution < -0.4 is 9.47 Å². The van der Waals surface area contributed by atoms with Crippen molar-refractivity contribution in [1.82, 2.24) is 9.97 Å². The number of aromatic nitrogens is 2. The summed E-state index contributed by atoms with van der Waals surface area (Å²) in [5.74, 6) is 2.53. The zero-order valence-corrected chi connectivity index (χ0v) is 20.7. The molecule has 0 saturated carbocycles. The number of nitrogens with one attached hydrogen (secondary N) is 1. The van der Waals surface area contributed by atoms with Crippen LogP contribution in [0, 0.1) is 0 Å². The summed E-state index contributed by atoms with van der Waals surface area (Å²) >= 11 is 0. The van der Waals surface area contributed by atoms with Gasteiger partial charge in [0.05, 0.1) is 24.2 Å². The first-order valence-corrected chi connectivity index (χ1v) is 13.2. The lowest BCUT2D eigenvalue weighted by molar-refractivity contribution is 0.258. The number of hydrogen-bond acceptors (Lipinski definition) is 3. The molecule has 1 heterocycles. The van der Waals surface area contributed by atoms with Crippen LogP contribution in [-0.2, 0) is 0 Å². The van der Waals surface area contributed by atoms with Gasteiger partial charge in [0.1, 0.15) is 5.82 Å². The standard InChI is InChI=1S/C29H42N2O2/c1-3-5-7-9-11-15-21-32-27-20-19-24(29-30-25-17-13-14-18-26(25)31-29)23-28(27)33-22-16-12-10-8-6-4-2/h13-14,17-20,23H,3-12,15-16,21-22H2,1-2H3,(H,30,31). The maximum absolute atomic E-state index is 6.22. The fraction of sp³-hybridized carbons (Fsp3) is 0.552. The Morgan fingerprint density at radius 3 is 1.94 bits per heavy atom. The second kappa shape index (κ2) is 14.6. The van der Waals surface area contributed by atoms with E-state index in [1.165, 1.54) is 64.2 Å². The van der Waals surface area contributed by atoms with E-state index in [1.807, 2.05) is 24.3 Å². The van der Waals surface area contributed by atoms with E-state index in [2.05, 4.69) is 37.0 Å². The molecule has 0 fully saturated rings. The topological polar surface area (TPSA) is 47.1 Å². The maximum Gasteiger partial charge on any atom is 0.161 e. The molecule has 0 bridgehead atoms. The SMILES string of the molecule is CCCCCCCCOc1ccc(-c2nc3ccccc3[nH]2)cc1OCCCCCCCC. The van der Waals surface area contributed by atoms with Crippen LogP contribution in [0.4, 0.5) is 0 Å². The highest BCUT2D eigenvalue weighted by Crippen LogP contribution is 2.33. The molecular weight excluding hydrogens is 408 g/mol. The normalized spacial score (nSPS) is 11.2. The molecule has 4 heteroatoms. The van der Waals surface area contributed by atoms with Gasteiger partial charge in [-0.3, -0.25) is 0 Å². The number of rotatable bonds is 17. The molecule has 1 aromatic heterocycles. The highest BCUT2D eigenvalue weighted by Gasteiger charge is 2.11. The van der Waals surface area contributed by atoms with E-state index >= 15 is 0 Å². The number of benzene rings is 2. The summed E-state index contributed by atoms with van der Waals surface area (Å²) in [5, 5.41) is 0. The number of H-pyrrole nitrogens is 1. The number of aromatic amines is 1. The summed E-state index contributed by atoms with van der Waals surface area (Å²) in [4.78, 5) is 8.17. The Labute approximate surface area is 200 Å². The predicted octanol–water partition coefficient (Wildman–Crippen LogP) is 8.71. The zero-order valence-electron chi connectivity index (χ0n) is 20.7. The van der Waals surface area contributed by atoms with Gasteiger partial charge in [-0.2, -0.15) is 0 Å². The van der Waals surface area contributed by atoms with Crippen LogP contribution in [-0.4, -0.2) is 23.2 Å². The largest absolute Gasteiger partial charge is 0.490 e. The molecule has 3 aromatic rings. The van der Waals surface area contributed by atoms with Crippen molar-refractivity contribution in [3.05, 3.63) is 42.5 Å². The zero-order chi connectivity index (χ0) is 23.1. The lowest BCUT2D eigenvalue weighted by atomic mass is 10.1. The van der Waals surface area contributed by atoms with E-state index in [4.69, 9.17) is 14.5 Å². The molecule has 3 rings (SSSR count). The van der Waals surface area contributed by atoms with Crippen molar-refractivity contribution >= 4 is 11.0 Å². The van der Waals surface area contributed by atoms with Gasteiger partial charge in [-0.25, -0.2) is 4.98 Å². The van der Waals surface area contributed by atoms with Gasteiger partial charge in [-0.05, 0) is 43.2 Å². The predicted molar refractivity (Wildman–Crippen MR) is 139 cm³/mol. The van der Waals surface area contributed by atoms with E-state index in [9.17, 15) is 0 Å². The number of unbranched alkanes of at least 4 members (excludes halogenated alkanes) is 10. The minimum absolute atomic E-state index is 0.725. The summed E-state index contributed by atoms with van der Waals surface area (Å²) in [5.41, 5.74) is 3.05. The first-order valence-electron chi connectivity index (χ1n) is 13.2. The van der Waals surface area contributed by atoms with Gasteiger partial charge in [-0.15, -0.1) is 0 Å². The van der Waals surface area contributed by atoms with Gasteiger partial charge < -0.3 is 14.5 Å². The fourth-order valence-electron chi connectivity index (χ4n) is 4.11. The molecule has 0 saturated heterocycles. The quantitative estimate of drug-likeness (QED) is 0.209. The number of imidazole rings is 1. The van der Waals surface area contributed by atoms with Gasteiger partial charge in [0.25, 0.3) is 0 Å². The van der Waals surface area contributed by atoms with Gasteiger partial charge in [0, 0.05) is 5.56 Å². The molecule has 0 aliphatic heterocycles. The van der Waals surface area contributed by atoms with Gasteiger partial charge >= 0.3 is 0 Å². The third-order valence-corrected chi connectivity index (χ3v) is 6.12. The molecule has 180 valence electrons. The van der Waals surface area contributed by atoms with E-state index in [1.54, 1.807) is 0 Å². The number of fused-ring (bicyclic) bond motifs is 1. The minimum Gasteiger partial charge on any atom is -0.490 e. The van der Waals surface area contributed by atoms with Crippen LogP contribution in [0.15, 0.2) is 42.5 Å². The molecular formula is C29H42N2O2. The van der Waals surface area contributed by atoms with Crippen molar-refractivity contribution in [2.75, 3.05) is 13.2 Å². The number of hydrogen-bond donors (Lipinski definition) is 1. The molecule has 1 N–H and O–H groups in total. The van der Waals surface area contributed by atoms with Crippen LogP contribution in [0.3, 0.4) is 0 Å². The van der Waals surface area contributed by atoms with Crippen LogP contribution >= 0.6 is 0 Å². The summed E-state index contributed by atoms with van der Waals surface area (Å²) in [7, 11) is 0. The van der Waals surface area contributed by atoms with Crippen molar-refractivity contribution in [3.63, 3.8) is 0 Å². The number of ether oxygens (including phenoxy) is 2. The molecule has 0 aliphatic rings. The molecule has 0 unspecified atom stereocenters. The Bertz CT molecular complexity index is 901. The van der Waals surface area contributed by atoms with Crippen LogP contribution in [0.1, 0.15) is 90.9 Å². The molecule has 4 nitrogen and oxygen atoms in total. The molecule has 2 aromatic carbocycles. The van der Waals surface area contributed by atoms with Crippen molar-refractivity contribution in [1.29, 1.82) is 0 Å². The number of para-hydroxylation sites is 2. The minimum atomic E-state index is 0.725. The Hall–Kier alpha value is -2.49. The van der Waals surface area contributed by atoms with Crippen molar-refractivity contribution < 1.29 is 9.47 Å². The molecule has 33 heavy (non-hydrogen) atoms. The van der Waals surface area contributed by atoms with Crippen molar-refractivity contribution in [2.45, 2.75) is 90.9 Å². The summed E-state index contributed by atoms with van der Waals surface area (Å²) in [6, 6.07) is 14.3. The van der Waals surface area contributed by atoms with Crippen LogP contribution in [0.5, 0.6) is 11.5 Å². The monoisotopic (exact) mass is 450 g/mol. The van der Waals surface area contributed by atoms with E-state index in [0.717, 1.165) is 60.0 Å². The van der Waals surface area contributed by atoms with Gasteiger partial charge in [-0.1, -0.05) is 90.2 Å². The first-order chi connectivity index (χ1) is 16.3. The average Bonchev–Trinajstić information content (AvgIpc) is 3.28. The third-order valence-electron chi connectivity index (χ3n) is 6.12. The second-order valence-corrected chi connectivity index (χ2v) is 9.00. The fourth-order valence-corrected chi connectivity index (χ4v) is 4.11. The average molecular weight is 451 g/mol. The van der Waals surface area contributed by atoms with Gasteiger partial charge in [0.15, 0.2) is 11.5 Å². The summed E-state index contributed by atoms with van der Waals surface area (Å²) in [6.07, 6.45) is 15.1.